The van der Waals surface area contributed by atoms with Crippen LogP contribution in [0.2, 0.25) is 0 Å². The van der Waals surface area contributed by atoms with Gasteiger partial charge in [0.2, 0.25) is 0 Å². The zero-order chi connectivity index (χ0) is 17.2. The first-order chi connectivity index (χ1) is 11.3. The zero-order valence-electron chi connectivity index (χ0n) is 16.4. The van der Waals surface area contributed by atoms with Gasteiger partial charge in [-0.1, -0.05) is 83.8 Å². The summed E-state index contributed by atoms with van der Waals surface area (Å²) in [6.45, 7) is 7.21. The molecule has 0 rings (SSSR count). The van der Waals surface area contributed by atoms with E-state index < -0.39 is 0 Å². The molecule has 1 nitrogen and oxygen atoms in total. The average Bonchev–Trinajstić information content (AvgIpc) is 2.57. The summed E-state index contributed by atoms with van der Waals surface area (Å²) in [5.41, 5.74) is 1.72. The highest BCUT2D eigenvalue weighted by molar-refractivity contribution is 5.07. The Hall–Kier alpha value is -0.300. The lowest BCUT2D eigenvalue weighted by Crippen LogP contribution is -2.07. The van der Waals surface area contributed by atoms with Crippen molar-refractivity contribution in [3.63, 3.8) is 0 Å². The number of aliphatic hydroxyl groups excluding tert-OH is 1. The third-order valence-corrected chi connectivity index (χ3v) is 4.92. The first-order valence-electron chi connectivity index (χ1n) is 10.6. The van der Waals surface area contributed by atoms with Crippen LogP contribution in [-0.2, 0) is 0 Å². The molecule has 1 heteroatoms. The van der Waals surface area contributed by atoms with E-state index in [4.69, 9.17) is 0 Å². The molecule has 0 spiro atoms. The van der Waals surface area contributed by atoms with Crippen LogP contribution in [0.4, 0.5) is 0 Å². The third-order valence-electron chi connectivity index (χ3n) is 4.92. The van der Waals surface area contributed by atoms with E-state index in [1.54, 1.807) is 5.57 Å². The number of hydrogen-bond donors (Lipinski definition) is 1. The van der Waals surface area contributed by atoms with Crippen LogP contribution in [0.3, 0.4) is 0 Å². The molecule has 0 saturated carbocycles. The SMILES string of the molecule is CCCCC/C=C(\CCCCC)C(CCCO)CCCCCC. The average molecular weight is 325 g/mol. The van der Waals surface area contributed by atoms with Crippen molar-refractivity contribution in [2.45, 2.75) is 117 Å². The van der Waals surface area contributed by atoms with Crippen LogP contribution in [0.15, 0.2) is 11.6 Å². The van der Waals surface area contributed by atoms with Crippen LogP contribution >= 0.6 is 0 Å². The van der Waals surface area contributed by atoms with Crippen molar-refractivity contribution >= 4 is 0 Å². The van der Waals surface area contributed by atoms with Gasteiger partial charge in [-0.2, -0.15) is 0 Å². The van der Waals surface area contributed by atoms with Gasteiger partial charge >= 0.3 is 0 Å². The lowest BCUT2D eigenvalue weighted by molar-refractivity contribution is 0.272. The fourth-order valence-corrected chi connectivity index (χ4v) is 3.40. The number of rotatable bonds is 17. The van der Waals surface area contributed by atoms with Crippen LogP contribution in [-0.4, -0.2) is 11.7 Å². The molecule has 0 saturated heterocycles. The Labute approximate surface area is 147 Å². The van der Waals surface area contributed by atoms with E-state index in [1.807, 2.05) is 0 Å². The van der Waals surface area contributed by atoms with Gasteiger partial charge in [0.15, 0.2) is 0 Å². The molecule has 0 bridgehead atoms. The van der Waals surface area contributed by atoms with E-state index in [0.717, 1.165) is 12.3 Å². The Morgan fingerprint density at radius 1 is 0.739 bits per heavy atom. The molecule has 0 aromatic rings. The van der Waals surface area contributed by atoms with E-state index >= 15 is 0 Å². The fraction of sp³-hybridized carbons (Fsp3) is 0.909. The Bertz CT molecular complexity index is 257. The second-order valence-corrected chi connectivity index (χ2v) is 7.14. The summed E-state index contributed by atoms with van der Waals surface area (Å²) in [5, 5.41) is 9.25. The summed E-state index contributed by atoms with van der Waals surface area (Å²) in [6, 6.07) is 0. The molecular formula is C22H44O. The van der Waals surface area contributed by atoms with Gasteiger partial charge in [-0.25, -0.2) is 0 Å². The zero-order valence-corrected chi connectivity index (χ0v) is 16.4. The minimum absolute atomic E-state index is 0.351. The summed E-state index contributed by atoms with van der Waals surface area (Å²) < 4.78 is 0. The van der Waals surface area contributed by atoms with E-state index in [-0.39, 0.29) is 0 Å². The Balaban J connectivity index is 4.58. The quantitative estimate of drug-likeness (QED) is 0.218. The first kappa shape index (κ1) is 22.7. The topological polar surface area (TPSA) is 20.2 Å². The van der Waals surface area contributed by atoms with Gasteiger partial charge in [0.1, 0.15) is 0 Å². The first-order valence-corrected chi connectivity index (χ1v) is 10.6. The summed E-state index contributed by atoms with van der Waals surface area (Å²) >= 11 is 0. The number of unbranched alkanes of at least 4 members (excludes halogenated alkanes) is 8. The molecule has 0 aliphatic carbocycles. The van der Waals surface area contributed by atoms with Crippen molar-refractivity contribution in [1.29, 1.82) is 0 Å². The van der Waals surface area contributed by atoms with Gasteiger partial charge < -0.3 is 5.11 Å². The van der Waals surface area contributed by atoms with Crippen molar-refractivity contribution in [3.05, 3.63) is 11.6 Å². The molecule has 0 heterocycles. The van der Waals surface area contributed by atoms with Gasteiger partial charge in [-0.3, -0.25) is 0 Å². The van der Waals surface area contributed by atoms with Gasteiger partial charge in [-0.15, -0.1) is 0 Å². The van der Waals surface area contributed by atoms with Crippen molar-refractivity contribution in [1.82, 2.24) is 0 Å². The van der Waals surface area contributed by atoms with Gasteiger partial charge in [0.25, 0.3) is 0 Å². The maximum atomic E-state index is 9.25. The smallest absolute Gasteiger partial charge is 0.0431 e. The number of aliphatic hydroxyl groups is 1. The van der Waals surface area contributed by atoms with Gasteiger partial charge in [0.05, 0.1) is 0 Å². The van der Waals surface area contributed by atoms with Crippen LogP contribution in [0.5, 0.6) is 0 Å². The maximum absolute atomic E-state index is 9.25. The standard InChI is InChI=1S/C22H44O/c1-4-7-10-13-17-21(16-12-9-6-3)22(19-15-20-23)18-14-11-8-5-2/h17,22-23H,4-16,18-20H2,1-3H3/b21-17+. The Morgan fingerprint density at radius 2 is 1.35 bits per heavy atom. The van der Waals surface area contributed by atoms with E-state index in [1.165, 1.54) is 89.9 Å². The second kappa shape index (κ2) is 18.0. The van der Waals surface area contributed by atoms with Crippen molar-refractivity contribution in [2.75, 3.05) is 6.61 Å². The highest BCUT2D eigenvalue weighted by Crippen LogP contribution is 2.29. The molecule has 138 valence electrons. The predicted octanol–water partition coefficient (Wildman–Crippen LogP) is 7.43. The molecule has 23 heavy (non-hydrogen) atoms. The molecule has 0 fully saturated rings. The van der Waals surface area contributed by atoms with E-state index in [2.05, 4.69) is 26.8 Å². The van der Waals surface area contributed by atoms with Crippen molar-refractivity contribution in [3.8, 4) is 0 Å². The fourth-order valence-electron chi connectivity index (χ4n) is 3.40. The minimum Gasteiger partial charge on any atom is -0.396 e. The molecule has 0 aliphatic rings. The maximum Gasteiger partial charge on any atom is 0.0431 e. The largest absolute Gasteiger partial charge is 0.396 e. The predicted molar refractivity (Wildman–Crippen MR) is 105 cm³/mol. The number of hydrogen-bond acceptors (Lipinski definition) is 1. The van der Waals surface area contributed by atoms with E-state index in [0.29, 0.717) is 6.61 Å². The summed E-state index contributed by atoms with van der Waals surface area (Å²) in [5.74, 6) is 0.734. The van der Waals surface area contributed by atoms with E-state index in [9.17, 15) is 5.11 Å². The molecular weight excluding hydrogens is 280 g/mol. The molecule has 1 unspecified atom stereocenters. The highest BCUT2D eigenvalue weighted by Gasteiger charge is 2.13. The molecule has 0 aromatic heterocycles. The molecule has 0 amide bonds. The molecule has 0 aromatic carbocycles. The normalized spacial score (nSPS) is 13.5. The summed E-state index contributed by atoms with van der Waals surface area (Å²) in [7, 11) is 0. The Kier molecular flexibility index (Phi) is 17.8. The second-order valence-electron chi connectivity index (χ2n) is 7.14. The lowest BCUT2D eigenvalue weighted by atomic mass is 9.85. The van der Waals surface area contributed by atoms with Crippen LogP contribution in [0.25, 0.3) is 0 Å². The highest BCUT2D eigenvalue weighted by atomic mass is 16.2. The molecule has 0 aliphatic heterocycles. The van der Waals surface area contributed by atoms with Crippen molar-refractivity contribution in [2.24, 2.45) is 5.92 Å². The third kappa shape index (κ3) is 13.8. The molecule has 0 radical (unpaired) electrons. The molecule has 1 atom stereocenters. The lowest BCUT2D eigenvalue weighted by Gasteiger charge is -2.21. The van der Waals surface area contributed by atoms with Gasteiger partial charge in [0, 0.05) is 6.61 Å². The summed E-state index contributed by atoms with van der Waals surface area (Å²) in [4.78, 5) is 0. The monoisotopic (exact) mass is 324 g/mol. The Morgan fingerprint density at radius 3 is 2.00 bits per heavy atom. The molecule has 1 N–H and O–H groups in total. The van der Waals surface area contributed by atoms with Crippen LogP contribution in [0.1, 0.15) is 117 Å². The van der Waals surface area contributed by atoms with Gasteiger partial charge in [-0.05, 0) is 50.9 Å². The van der Waals surface area contributed by atoms with Crippen LogP contribution in [0, 0.1) is 5.92 Å². The minimum atomic E-state index is 0.351. The van der Waals surface area contributed by atoms with Crippen LogP contribution < -0.4 is 0 Å². The summed E-state index contributed by atoms with van der Waals surface area (Å²) in [6.07, 6.45) is 22.1. The number of allylic oxidation sites excluding steroid dienone is 2. The van der Waals surface area contributed by atoms with Crippen molar-refractivity contribution < 1.29 is 5.11 Å².